The van der Waals surface area contributed by atoms with E-state index in [0.29, 0.717) is 6.07 Å². The molecule has 1 atom stereocenters. The van der Waals surface area contributed by atoms with Gasteiger partial charge in [0.25, 0.3) is 5.69 Å². The average molecular weight is 273 g/mol. The molecule has 0 aromatic heterocycles. The molecule has 9 heteroatoms. The van der Waals surface area contributed by atoms with Gasteiger partial charge in [0.15, 0.2) is 11.1 Å². The van der Waals surface area contributed by atoms with Crippen LogP contribution >= 0.6 is 0 Å². The van der Waals surface area contributed by atoms with E-state index in [1.54, 1.807) is 0 Å². The first-order valence-corrected chi connectivity index (χ1v) is 6.17. The maximum Gasteiger partial charge on any atom is 0.272 e. The number of nitrogens with one attached hydrogen (secondary N) is 1. The fourth-order valence-electron chi connectivity index (χ4n) is 1.01. The summed E-state index contributed by atoms with van der Waals surface area (Å²) < 4.78 is 38.2. The van der Waals surface area contributed by atoms with E-state index >= 15 is 0 Å². The van der Waals surface area contributed by atoms with Gasteiger partial charge in [0.1, 0.15) is 0 Å². The Hall–Kier alpha value is -2.21. The summed E-state index contributed by atoms with van der Waals surface area (Å²) in [4.78, 5) is 9.56. The van der Waals surface area contributed by atoms with Crippen LogP contribution in [-0.4, -0.2) is 18.6 Å². The Bertz CT molecular complexity index is 623. The molecule has 1 N–H and O–H groups in total. The SMILES string of the molecule is CC(C#N)S(=O)(=O)Nc1ccc([N+](=O)[O-])cc1F. The number of anilines is 1. The zero-order valence-electron chi connectivity index (χ0n) is 9.12. The van der Waals surface area contributed by atoms with Crippen molar-refractivity contribution in [3.8, 4) is 6.07 Å². The second kappa shape index (κ2) is 4.97. The summed E-state index contributed by atoms with van der Waals surface area (Å²) in [6, 6.07) is 3.97. The van der Waals surface area contributed by atoms with Crippen LogP contribution in [0.5, 0.6) is 0 Å². The smallest absolute Gasteiger partial charge is 0.272 e. The van der Waals surface area contributed by atoms with Crippen LogP contribution in [0.2, 0.25) is 0 Å². The molecule has 0 saturated carbocycles. The second-order valence-corrected chi connectivity index (χ2v) is 5.34. The zero-order valence-corrected chi connectivity index (χ0v) is 9.94. The van der Waals surface area contributed by atoms with Gasteiger partial charge in [-0.25, -0.2) is 12.8 Å². The summed E-state index contributed by atoms with van der Waals surface area (Å²) in [6.45, 7) is 1.13. The number of hydrogen-bond acceptors (Lipinski definition) is 5. The molecule has 0 aliphatic rings. The summed E-state index contributed by atoms with van der Waals surface area (Å²) in [5.41, 5.74) is -0.938. The predicted molar refractivity (Wildman–Crippen MR) is 60.7 cm³/mol. The predicted octanol–water partition coefficient (Wildman–Crippen LogP) is 1.39. The summed E-state index contributed by atoms with van der Waals surface area (Å²) in [7, 11) is -4.04. The van der Waals surface area contributed by atoms with Crippen LogP contribution in [0.15, 0.2) is 18.2 Å². The highest BCUT2D eigenvalue weighted by Gasteiger charge is 2.22. The lowest BCUT2D eigenvalue weighted by atomic mass is 10.3. The number of non-ortho nitro benzene ring substituents is 1. The van der Waals surface area contributed by atoms with Crippen LogP contribution in [0.3, 0.4) is 0 Å². The van der Waals surface area contributed by atoms with Gasteiger partial charge >= 0.3 is 0 Å². The molecule has 96 valence electrons. The van der Waals surface area contributed by atoms with E-state index in [1.807, 2.05) is 4.72 Å². The molecule has 18 heavy (non-hydrogen) atoms. The molecule has 0 bridgehead atoms. The molecule has 0 saturated heterocycles. The maximum atomic E-state index is 13.4. The molecule has 0 amide bonds. The Morgan fingerprint density at radius 1 is 1.56 bits per heavy atom. The molecule has 1 aromatic rings. The van der Waals surface area contributed by atoms with E-state index in [1.165, 1.54) is 6.07 Å². The van der Waals surface area contributed by atoms with Crippen LogP contribution in [-0.2, 0) is 10.0 Å². The minimum atomic E-state index is -4.04. The molecular weight excluding hydrogens is 265 g/mol. The summed E-state index contributed by atoms with van der Waals surface area (Å²) in [6.07, 6.45) is 0. The summed E-state index contributed by atoms with van der Waals surface area (Å²) in [5, 5.41) is 17.5. The van der Waals surface area contributed by atoms with Crippen LogP contribution in [0.25, 0.3) is 0 Å². The fraction of sp³-hybridized carbons (Fsp3) is 0.222. The Balaban J connectivity index is 3.08. The van der Waals surface area contributed by atoms with E-state index in [-0.39, 0.29) is 0 Å². The monoisotopic (exact) mass is 273 g/mol. The maximum absolute atomic E-state index is 13.4. The number of nitro groups is 1. The van der Waals surface area contributed by atoms with E-state index < -0.39 is 37.4 Å². The molecule has 0 heterocycles. The number of benzene rings is 1. The van der Waals surface area contributed by atoms with Crippen LogP contribution < -0.4 is 4.72 Å². The lowest BCUT2D eigenvalue weighted by Crippen LogP contribution is -2.24. The van der Waals surface area contributed by atoms with Crippen molar-refractivity contribution < 1.29 is 17.7 Å². The van der Waals surface area contributed by atoms with Gasteiger partial charge in [0, 0.05) is 6.07 Å². The fourth-order valence-corrected chi connectivity index (χ4v) is 1.80. The van der Waals surface area contributed by atoms with Crippen LogP contribution in [0, 0.1) is 27.3 Å². The van der Waals surface area contributed by atoms with Crippen molar-refractivity contribution in [1.82, 2.24) is 0 Å². The van der Waals surface area contributed by atoms with Crippen molar-refractivity contribution >= 4 is 21.4 Å². The van der Waals surface area contributed by atoms with Crippen LogP contribution in [0.1, 0.15) is 6.92 Å². The van der Waals surface area contributed by atoms with E-state index in [9.17, 15) is 22.9 Å². The highest BCUT2D eigenvalue weighted by atomic mass is 32.2. The Labute approximate surface area is 102 Å². The van der Waals surface area contributed by atoms with Gasteiger partial charge in [-0.1, -0.05) is 0 Å². The Kier molecular flexibility index (Phi) is 3.82. The van der Waals surface area contributed by atoms with Crippen molar-refractivity contribution in [2.45, 2.75) is 12.2 Å². The minimum Gasteiger partial charge on any atom is -0.279 e. The topological polar surface area (TPSA) is 113 Å². The zero-order chi connectivity index (χ0) is 13.9. The number of nitrogens with zero attached hydrogens (tertiary/aromatic N) is 2. The van der Waals surface area contributed by atoms with Crippen molar-refractivity contribution in [2.24, 2.45) is 0 Å². The second-order valence-electron chi connectivity index (χ2n) is 3.34. The Morgan fingerprint density at radius 2 is 2.17 bits per heavy atom. The highest BCUT2D eigenvalue weighted by Crippen LogP contribution is 2.22. The van der Waals surface area contributed by atoms with E-state index in [4.69, 9.17) is 5.26 Å². The quantitative estimate of drug-likeness (QED) is 0.657. The van der Waals surface area contributed by atoms with Crippen molar-refractivity contribution in [3.63, 3.8) is 0 Å². The summed E-state index contributed by atoms with van der Waals surface area (Å²) >= 11 is 0. The van der Waals surface area contributed by atoms with Gasteiger partial charge in [0.2, 0.25) is 10.0 Å². The lowest BCUT2D eigenvalue weighted by Gasteiger charge is -2.09. The first kappa shape index (κ1) is 13.9. The molecular formula is C9H8FN3O4S. The molecule has 0 aliphatic carbocycles. The summed E-state index contributed by atoms with van der Waals surface area (Å²) in [5.74, 6) is -1.09. The Morgan fingerprint density at radius 3 is 2.61 bits per heavy atom. The molecule has 0 fully saturated rings. The van der Waals surface area contributed by atoms with Crippen molar-refractivity contribution in [1.29, 1.82) is 5.26 Å². The molecule has 0 aliphatic heterocycles. The first-order chi connectivity index (χ1) is 8.27. The minimum absolute atomic E-state index is 0.442. The van der Waals surface area contributed by atoms with Crippen molar-refractivity contribution in [2.75, 3.05) is 4.72 Å². The molecule has 1 aromatic carbocycles. The average Bonchev–Trinajstić information content (AvgIpc) is 2.30. The highest BCUT2D eigenvalue weighted by molar-refractivity contribution is 7.93. The van der Waals surface area contributed by atoms with Crippen LogP contribution in [0.4, 0.5) is 15.8 Å². The molecule has 0 spiro atoms. The number of halogens is 1. The number of nitro benzene ring substituents is 1. The molecule has 1 rings (SSSR count). The molecule has 0 radical (unpaired) electrons. The third-order valence-electron chi connectivity index (χ3n) is 2.06. The number of sulfonamides is 1. The number of hydrogen-bond donors (Lipinski definition) is 1. The molecule has 1 unspecified atom stereocenters. The van der Waals surface area contributed by atoms with E-state index in [2.05, 4.69) is 0 Å². The van der Waals surface area contributed by atoms with Gasteiger partial charge in [-0.3, -0.25) is 14.8 Å². The van der Waals surface area contributed by atoms with E-state index in [0.717, 1.165) is 19.1 Å². The number of nitriles is 1. The third-order valence-corrected chi connectivity index (χ3v) is 3.60. The van der Waals surface area contributed by atoms with Gasteiger partial charge in [0.05, 0.1) is 22.7 Å². The van der Waals surface area contributed by atoms with Crippen molar-refractivity contribution in [3.05, 3.63) is 34.1 Å². The standard InChI is InChI=1S/C9H8FN3O4S/c1-6(5-11)18(16,17)12-9-3-2-7(13(14)15)4-8(9)10/h2-4,6,12H,1H3. The van der Waals surface area contributed by atoms with Gasteiger partial charge in [-0.2, -0.15) is 5.26 Å². The van der Waals surface area contributed by atoms with Gasteiger partial charge < -0.3 is 0 Å². The normalized spacial score (nSPS) is 12.5. The largest absolute Gasteiger partial charge is 0.279 e. The first-order valence-electron chi connectivity index (χ1n) is 4.63. The third kappa shape index (κ3) is 2.92. The lowest BCUT2D eigenvalue weighted by molar-refractivity contribution is -0.385. The van der Waals surface area contributed by atoms with Gasteiger partial charge in [-0.05, 0) is 13.0 Å². The van der Waals surface area contributed by atoms with Gasteiger partial charge in [-0.15, -0.1) is 0 Å². The molecule has 7 nitrogen and oxygen atoms in total. The number of rotatable bonds is 4.